The van der Waals surface area contributed by atoms with Crippen LogP contribution in [0.4, 0.5) is 0 Å². The normalized spacial score (nSPS) is 12.8. The predicted octanol–water partition coefficient (Wildman–Crippen LogP) is 4.70. The van der Waals surface area contributed by atoms with Crippen LogP contribution in [0.5, 0.6) is 0 Å². The molecule has 1 aromatic rings. The molecule has 0 fully saturated rings. The van der Waals surface area contributed by atoms with E-state index in [4.69, 9.17) is 5.84 Å². The van der Waals surface area contributed by atoms with Crippen molar-refractivity contribution in [1.29, 1.82) is 0 Å². The van der Waals surface area contributed by atoms with E-state index in [9.17, 15) is 0 Å². The monoisotopic (exact) mass is 268 g/mol. The van der Waals surface area contributed by atoms with Gasteiger partial charge in [-0.25, -0.2) is 0 Å². The number of nitrogens with two attached hydrogens (primary N) is 1. The first-order valence-electron chi connectivity index (χ1n) is 7.29. The molecule has 0 aliphatic heterocycles. The van der Waals surface area contributed by atoms with E-state index in [1.807, 2.05) is 0 Å². The molecule has 104 valence electrons. The Labute approximate surface area is 116 Å². The van der Waals surface area contributed by atoms with Gasteiger partial charge in [0.15, 0.2) is 0 Å². The molecule has 0 radical (unpaired) electrons. The maximum atomic E-state index is 5.67. The standard InChI is InChI=1S/C15H28N2S/c1-3-4-5-6-7-8-9-10-15(17-16)14-11-12-18-13(14)2/h11-12,15,17H,3-10,16H2,1-2H3. The lowest BCUT2D eigenvalue weighted by Gasteiger charge is -2.15. The summed E-state index contributed by atoms with van der Waals surface area (Å²) in [4.78, 5) is 1.39. The quantitative estimate of drug-likeness (QED) is 0.366. The summed E-state index contributed by atoms with van der Waals surface area (Å²) in [6.07, 6.45) is 10.7. The van der Waals surface area contributed by atoms with Gasteiger partial charge in [0.2, 0.25) is 0 Å². The van der Waals surface area contributed by atoms with Crippen molar-refractivity contribution in [3.8, 4) is 0 Å². The Bertz CT molecular complexity index is 309. The van der Waals surface area contributed by atoms with Crippen molar-refractivity contribution in [2.24, 2.45) is 5.84 Å². The molecule has 0 saturated heterocycles. The molecule has 0 aromatic carbocycles. The second kappa shape index (κ2) is 9.54. The van der Waals surface area contributed by atoms with E-state index >= 15 is 0 Å². The lowest BCUT2D eigenvalue weighted by atomic mass is 10.0. The van der Waals surface area contributed by atoms with Crippen molar-refractivity contribution >= 4 is 11.3 Å². The Morgan fingerprint density at radius 2 is 1.83 bits per heavy atom. The Morgan fingerprint density at radius 3 is 2.39 bits per heavy atom. The van der Waals surface area contributed by atoms with Gasteiger partial charge in [-0.2, -0.15) is 0 Å². The van der Waals surface area contributed by atoms with Crippen LogP contribution >= 0.6 is 11.3 Å². The smallest absolute Gasteiger partial charge is 0.0470 e. The third-order valence-electron chi connectivity index (χ3n) is 3.57. The predicted molar refractivity (Wildman–Crippen MR) is 81.7 cm³/mol. The number of unbranched alkanes of at least 4 members (excludes halogenated alkanes) is 6. The maximum absolute atomic E-state index is 5.67. The Balaban J connectivity index is 2.15. The van der Waals surface area contributed by atoms with Crippen LogP contribution in [0.25, 0.3) is 0 Å². The molecule has 1 aromatic heterocycles. The van der Waals surface area contributed by atoms with Crippen LogP contribution in [0, 0.1) is 6.92 Å². The van der Waals surface area contributed by atoms with Gasteiger partial charge in [0.05, 0.1) is 0 Å². The summed E-state index contributed by atoms with van der Waals surface area (Å²) in [7, 11) is 0. The first-order chi connectivity index (χ1) is 8.79. The van der Waals surface area contributed by atoms with Crippen LogP contribution < -0.4 is 11.3 Å². The molecular weight excluding hydrogens is 240 g/mol. The fourth-order valence-electron chi connectivity index (χ4n) is 2.39. The van der Waals surface area contributed by atoms with Gasteiger partial charge >= 0.3 is 0 Å². The molecule has 1 rings (SSSR count). The fraction of sp³-hybridized carbons (Fsp3) is 0.733. The minimum atomic E-state index is 0.340. The zero-order valence-electron chi connectivity index (χ0n) is 11.9. The van der Waals surface area contributed by atoms with Gasteiger partial charge in [0.25, 0.3) is 0 Å². The van der Waals surface area contributed by atoms with E-state index in [2.05, 4.69) is 30.7 Å². The number of hydrogen-bond acceptors (Lipinski definition) is 3. The summed E-state index contributed by atoms with van der Waals surface area (Å²) in [5.41, 5.74) is 4.35. The zero-order valence-corrected chi connectivity index (χ0v) is 12.7. The fourth-order valence-corrected chi connectivity index (χ4v) is 3.16. The average Bonchev–Trinajstić information content (AvgIpc) is 2.79. The number of hydrogen-bond donors (Lipinski definition) is 2. The van der Waals surface area contributed by atoms with Crippen LogP contribution in [0.2, 0.25) is 0 Å². The Kier molecular flexibility index (Phi) is 8.31. The molecule has 0 spiro atoms. The number of nitrogens with one attached hydrogen (secondary N) is 1. The van der Waals surface area contributed by atoms with Crippen LogP contribution in [0.1, 0.15) is 74.8 Å². The molecule has 0 aliphatic carbocycles. The largest absolute Gasteiger partial charge is 0.271 e. The molecule has 1 heterocycles. The van der Waals surface area contributed by atoms with E-state index in [1.54, 1.807) is 11.3 Å². The number of aryl methyl sites for hydroxylation is 1. The summed E-state index contributed by atoms with van der Waals surface area (Å²) in [5.74, 6) is 5.67. The van der Waals surface area contributed by atoms with Crippen molar-refractivity contribution < 1.29 is 0 Å². The van der Waals surface area contributed by atoms with E-state index in [-0.39, 0.29) is 0 Å². The zero-order chi connectivity index (χ0) is 13.2. The number of thiophene rings is 1. The van der Waals surface area contributed by atoms with Gasteiger partial charge in [-0.3, -0.25) is 11.3 Å². The van der Waals surface area contributed by atoms with Crippen molar-refractivity contribution in [1.82, 2.24) is 5.43 Å². The minimum Gasteiger partial charge on any atom is -0.271 e. The second-order valence-corrected chi connectivity index (χ2v) is 6.18. The summed E-state index contributed by atoms with van der Waals surface area (Å²) in [6, 6.07) is 2.54. The highest BCUT2D eigenvalue weighted by molar-refractivity contribution is 7.10. The summed E-state index contributed by atoms with van der Waals surface area (Å²) < 4.78 is 0. The third-order valence-corrected chi connectivity index (χ3v) is 4.43. The van der Waals surface area contributed by atoms with E-state index in [1.165, 1.54) is 55.4 Å². The molecule has 3 N–H and O–H groups in total. The van der Waals surface area contributed by atoms with Gasteiger partial charge < -0.3 is 0 Å². The molecule has 1 unspecified atom stereocenters. The molecule has 18 heavy (non-hydrogen) atoms. The topological polar surface area (TPSA) is 38.0 Å². The van der Waals surface area contributed by atoms with Gasteiger partial charge in [0.1, 0.15) is 0 Å². The van der Waals surface area contributed by atoms with E-state index < -0.39 is 0 Å². The van der Waals surface area contributed by atoms with Gasteiger partial charge in [-0.15, -0.1) is 11.3 Å². The van der Waals surface area contributed by atoms with Crippen LogP contribution in [-0.2, 0) is 0 Å². The molecule has 0 aliphatic rings. The van der Waals surface area contributed by atoms with E-state index in [0.717, 1.165) is 6.42 Å². The first-order valence-corrected chi connectivity index (χ1v) is 8.17. The highest BCUT2D eigenvalue weighted by Gasteiger charge is 2.12. The lowest BCUT2D eigenvalue weighted by molar-refractivity contribution is 0.475. The molecule has 2 nitrogen and oxygen atoms in total. The molecule has 0 saturated carbocycles. The molecule has 3 heteroatoms. The third kappa shape index (κ3) is 5.51. The molecule has 0 bridgehead atoms. The van der Waals surface area contributed by atoms with Gasteiger partial charge in [-0.05, 0) is 30.4 Å². The van der Waals surface area contributed by atoms with Crippen molar-refractivity contribution in [3.05, 3.63) is 21.9 Å². The number of hydrazine groups is 1. The van der Waals surface area contributed by atoms with Crippen molar-refractivity contribution in [2.75, 3.05) is 0 Å². The lowest BCUT2D eigenvalue weighted by Crippen LogP contribution is -2.28. The molecule has 1 atom stereocenters. The van der Waals surface area contributed by atoms with Gasteiger partial charge in [0, 0.05) is 10.9 Å². The van der Waals surface area contributed by atoms with Gasteiger partial charge in [-0.1, -0.05) is 51.9 Å². The van der Waals surface area contributed by atoms with Crippen molar-refractivity contribution in [2.45, 2.75) is 71.3 Å². The minimum absolute atomic E-state index is 0.340. The summed E-state index contributed by atoms with van der Waals surface area (Å²) in [5, 5.41) is 2.15. The Morgan fingerprint density at radius 1 is 1.17 bits per heavy atom. The van der Waals surface area contributed by atoms with Crippen LogP contribution in [-0.4, -0.2) is 0 Å². The average molecular weight is 268 g/mol. The maximum Gasteiger partial charge on any atom is 0.0470 e. The first kappa shape index (κ1) is 15.7. The second-order valence-electron chi connectivity index (χ2n) is 5.06. The van der Waals surface area contributed by atoms with Crippen LogP contribution in [0.15, 0.2) is 11.4 Å². The Hall–Kier alpha value is -0.380. The van der Waals surface area contributed by atoms with Crippen LogP contribution in [0.3, 0.4) is 0 Å². The molecule has 0 amide bonds. The number of rotatable bonds is 10. The highest BCUT2D eigenvalue weighted by atomic mass is 32.1. The SMILES string of the molecule is CCCCCCCCCC(NN)c1ccsc1C. The molecular formula is C15H28N2S. The van der Waals surface area contributed by atoms with E-state index in [0.29, 0.717) is 6.04 Å². The highest BCUT2D eigenvalue weighted by Crippen LogP contribution is 2.26. The summed E-state index contributed by atoms with van der Waals surface area (Å²) in [6.45, 7) is 4.44. The van der Waals surface area contributed by atoms with Crippen molar-refractivity contribution in [3.63, 3.8) is 0 Å². The summed E-state index contributed by atoms with van der Waals surface area (Å²) >= 11 is 1.81.